The van der Waals surface area contributed by atoms with E-state index in [4.69, 9.17) is 4.42 Å². The first-order valence-electron chi connectivity index (χ1n) is 6.70. The molecule has 0 aliphatic rings. The Labute approximate surface area is 116 Å². The summed E-state index contributed by atoms with van der Waals surface area (Å²) in [7, 11) is 0. The van der Waals surface area contributed by atoms with Crippen LogP contribution in [0, 0.1) is 0 Å². The number of carbonyl (C=O) groups is 1. The third kappa shape index (κ3) is 2.38. The van der Waals surface area contributed by atoms with Crippen molar-refractivity contribution >= 4 is 33.5 Å². The highest BCUT2D eigenvalue weighted by molar-refractivity contribution is 6.07. The Morgan fingerprint density at radius 3 is 2.75 bits per heavy atom. The number of amides is 1. The standard InChI is InChI=1S/C16H16N2O2/c1-2-17-10-16(19)18-11-7-8-15-13(9-11)12-5-3-4-6-14(12)20-15/h3-9,17H,2,10H2,1H3,(H,18,19). The zero-order chi connectivity index (χ0) is 13.9. The van der Waals surface area contributed by atoms with Gasteiger partial charge in [-0.05, 0) is 30.8 Å². The molecule has 0 atom stereocenters. The average Bonchev–Trinajstić information content (AvgIpc) is 2.83. The summed E-state index contributed by atoms with van der Waals surface area (Å²) in [4.78, 5) is 11.7. The van der Waals surface area contributed by atoms with Crippen LogP contribution in [0.25, 0.3) is 21.9 Å². The molecule has 0 radical (unpaired) electrons. The zero-order valence-electron chi connectivity index (χ0n) is 11.3. The van der Waals surface area contributed by atoms with E-state index in [1.54, 1.807) is 0 Å². The molecule has 0 saturated heterocycles. The van der Waals surface area contributed by atoms with E-state index in [1.165, 1.54) is 0 Å². The molecule has 0 unspecified atom stereocenters. The molecule has 0 fully saturated rings. The fourth-order valence-corrected chi connectivity index (χ4v) is 2.25. The third-order valence-corrected chi connectivity index (χ3v) is 3.20. The van der Waals surface area contributed by atoms with Crippen LogP contribution in [-0.2, 0) is 4.79 Å². The van der Waals surface area contributed by atoms with Gasteiger partial charge < -0.3 is 15.1 Å². The van der Waals surface area contributed by atoms with E-state index >= 15 is 0 Å². The van der Waals surface area contributed by atoms with Crippen molar-refractivity contribution in [3.63, 3.8) is 0 Å². The van der Waals surface area contributed by atoms with Gasteiger partial charge in [0.25, 0.3) is 0 Å². The second-order valence-corrected chi connectivity index (χ2v) is 4.64. The van der Waals surface area contributed by atoms with Gasteiger partial charge in [-0.1, -0.05) is 25.1 Å². The molecule has 1 amide bonds. The van der Waals surface area contributed by atoms with Crippen molar-refractivity contribution in [2.75, 3.05) is 18.4 Å². The Balaban J connectivity index is 1.93. The molecule has 0 aliphatic carbocycles. The van der Waals surface area contributed by atoms with Gasteiger partial charge in [0.05, 0.1) is 6.54 Å². The van der Waals surface area contributed by atoms with Gasteiger partial charge in [-0.3, -0.25) is 4.79 Å². The van der Waals surface area contributed by atoms with Crippen molar-refractivity contribution in [1.29, 1.82) is 0 Å². The molecule has 0 saturated carbocycles. The maximum Gasteiger partial charge on any atom is 0.238 e. The Bertz CT molecular complexity index is 761. The molecular formula is C16H16N2O2. The van der Waals surface area contributed by atoms with E-state index in [1.807, 2.05) is 49.4 Å². The van der Waals surface area contributed by atoms with Gasteiger partial charge in [-0.25, -0.2) is 0 Å². The van der Waals surface area contributed by atoms with Gasteiger partial charge >= 0.3 is 0 Å². The average molecular weight is 268 g/mol. The maximum absolute atomic E-state index is 11.7. The largest absolute Gasteiger partial charge is 0.456 e. The fraction of sp³-hybridized carbons (Fsp3) is 0.188. The number of likely N-dealkylation sites (N-methyl/N-ethyl adjacent to an activating group) is 1. The summed E-state index contributed by atoms with van der Waals surface area (Å²) in [5.41, 5.74) is 2.47. The molecule has 0 aliphatic heterocycles. The molecule has 1 aromatic heterocycles. The fourth-order valence-electron chi connectivity index (χ4n) is 2.25. The van der Waals surface area contributed by atoms with Crippen LogP contribution < -0.4 is 10.6 Å². The second-order valence-electron chi connectivity index (χ2n) is 4.64. The highest BCUT2D eigenvalue weighted by Crippen LogP contribution is 2.30. The van der Waals surface area contributed by atoms with E-state index in [0.717, 1.165) is 34.2 Å². The molecule has 0 spiro atoms. The van der Waals surface area contributed by atoms with Crippen LogP contribution in [0.5, 0.6) is 0 Å². The predicted octanol–water partition coefficient (Wildman–Crippen LogP) is 3.13. The van der Waals surface area contributed by atoms with Crippen molar-refractivity contribution in [3.05, 3.63) is 42.5 Å². The van der Waals surface area contributed by atoms with Crippen molar-refractivity contribution in [2.45, 2.75) is 6.92 Å². The Morgan fingerprint density at radius 1 is 1.10 bits per heavy atom. The van der Waals surface area contributed by atoms with Crippen molar-refractivity contribution < 1.29 is 9.21 Å². The number of furan rings is 1. The van der Waals surface area contributed by atoms with Crippen molar-refractivity contribution in [3.8, 4) is 0 Å². The summed E-state index contributed by atoms with van der Waals surface area (Å²) in [6.45, 7) is 3.07. The first kappa shape index (κ1) is 12.7. The molecule has 20 heavy (non-hydrogen) atoms. The number of nitrogens with one attached hydrogen (secondary N) is 2. The third-order valence-electron chi connectivity index (χ3n) is 3.20. The van der Waals surface area contributed by atoms with E-state index in [-0.39, 0.29) is 5.91 Å². The van der Waals surface area contributed by atoms with Gasteiger partial charge in [0.15, 0.2) is 0 Å². The Kier molecular flexibility index (Phi) is 3.39. The quantitative estimate of drug-likeness (QED) is 0.764. The second kappa shape index (κ2) is 5.35. The number of anilines is 1. The minimum atomic E-state index is -0.0426. The van der Waals surface area contributed by atoms with Crippen LogP contribution in [0.3, 0.4) is 0 Å². The van der Waals surface area contributed by atoms with Crippen LogP contribution in [0.2, 0.25) is 0 Å². The molecule has 4 heteroatoms. The number of fused-ring (bicyclic) bond motifs is 3. The van der Waals surface area contributed by atoms with Crippen LogP contribution in [0.15, 0.2) is 46.9 Å². The van der Waals surface area contributed by atoms with Gasteiger partial charge in [0, 0.05) is 16.5 Å². The lowest BCUT2D eigenvalue weighted by atomic mass is 10.1. The Hall–Kier alpha value is -2.33. The number of hydrogen-bond acceptors (Lipinski definition) is 3. The smallest absolute Gasteiger partial charge is 0.238 e. The molecule has 3 rings (SSSR count). The molecule has 102 valence electrons. The van der Waals surface area contributed by atoms with Gasteiger partial charge in [0.1, 0.15) is 11.2 Å². The topological polar surface area (TPSA) is 54.3 Å². The van der Waals surface area contributed by atoms with Gasteiger partial charge in [0.2, 0.25) is 5.91 Å². The van der Waals surface area contributed by atoms with E-state index < -0.39 is 0 Å². The van der Waals surface area contributed by atoms with E-state index in [0.29, 0.717) is 6.54 Å². The minimum absolute atomic E-state index is 0.0426. The molecular weight excluding hydrogens is 252 g/mol. The minimum Gasteiger partial charge on any atom is -0.456 e. The molecule has 4 nitrogen and oxygen atoms in total. The molecule has 2 aromatic carbocycles. The van der Waals surface area contributed by atoms with Crippen LogP contribution >= 0.6 is 0 Å². The lowest BCUT2D eigenvalue weighted by molar-refractivity contribution is -0.115. The summed E-state index contributed by atoms with van der Waals surface area (Å²) < 4.78 is 5.75. The molecule has 0 bridgehead atoms. The van der Waals surface area contributed by atoms with Gasteiger partial charge in [-0.2, -0.15) is 0 Å². The van der Waals surface area contributed by atoms with Gasteiger partial charge in [-0.15, -0.1) is 0 Å². The lowest BCUT2D eigenvalue weighted by Crippen LogP contribution is -2.27. The molecule has 2 N–H and O–H groups in total. The number of benzene rings is 2. The van der Waals surface area contributed by atoms with Crippen LogP contribution in [0.1, 0.15) is 6.92 Å². The predicted molar refractivity (Wildman–Crippen MR) is 80.9 cm³/mol. The first-order valence-corrected chi connectivity index (χ1v) is 6.70. The summed E-state index contributed by atoms with van der Waals surface area (Å²) in [6.07, 6.45) is 0. The van der Waals surface area contributed by atoms with Crippen molar-refractivity contribution in [1.82, 2.24) is 5.32 Å². The molecule has 3 aromatic rings. The maximum atomic E-state index is 11.7. The highest BCUT2D eigenvalue weighted by atomic mass is 16.3. The summed E-state index contributed by atoms with van der Waals surface area (Å²) in [5.74, 6) is -0.0426. The SMILES string of the molecule is CCNCC(=O)Nc1ccc2oc3ccccc3c2c1. The number of hydrogen-bond donors (Lipinski definition) is 2. The lowest BCUT2D eigenvalue weighted by Gasteiger charge is -2.05. The summed E-state index contributed by atoms with van der Waals surface area (Å²) in [6, 6.07) is 13.6. The van der Waals surface area contributed by atoms with Crippen LogP contribution in [0.4, 0.5) is 5.69 Å². The number of para-hydroxylation sites is 1. The number of carbonyl (C=O) groups excluding carboxylic acids is 1. The van der Waals surface area contributed by atoms with E-state index in [2.05, 4.69) is 10.6 Å². The first-order chi connectivity index (χ1) is 9.78. The summed E-state index contributed by atoms with van der Waals surface area (Å²) in [5, 5.41) is 7.96. The monoisotopic (exact) mass is 268 g/mol. The highest BCUT2D eigenvalue weighted by Gasteiger charge is 2.08. The normalized spacial score (nSPS) is 11.1. The van der Waals surface area contributed by atoms with Crippen molar-refractivity contribution in [2.24, 2.45) is 0 Å². The summed E-state index contributed by atoms with van der Waals surface area (Å²) >= 11 is 0. The number of rotatable bonds is 4. The Morgan fingerprint density at radius 2 is 1.90 bits per heavy atom. The van der Waals surface area contributed by atoms with Crippen LogP contribution in [-0.4, -0.2) is 19.0 Å². The molecule has 1 heterocycles. The zero-order valence-corrected chi connectivity index (χ0v) is 11.3. The van der Waals surface area contributed by atoms with E-state index in [9.17, 15) is 4.79 Å².